The van der Waals surface area contributed by atoms with Gasteiger partial charge in [0.1, 0.15) is 5.03 Å². The Morgan fingerprint density at radius 3 is 3.00 bits per heavy atom. The summed E-state index contributed by atoms with van der Waals surface area (Å²) in [5, 5.41) is 21.7. The standard InChI is InChI=1S/C9H14BrN3O2S/c1-2-11-9-12-3-7(10)8(13-9)16-5-6(15)4-14/h3,6,14-15H,2,4-5H2,1H3,(H,11,12,13). The number of aliphatic hydroxyl groups excluding tert-OH is 2. The Bertz CT molecular complexity index is 341. The summed E-state index contributed by atoms with van der Waals surface area (Å²) in [5.41, 5.74) is 0. The summed E-state index contributed by atoms with van der Waals surface area (Å²) < 4.78 is 0.782. The fourth-order valence-corrected chi connectivity index (χ4v) is 2.26. The van der Waals surface area contributed by atoms with Crippen LogP contribution >= 0.6 is 27.7 Å². The predicted octanol–water partition coefficient (Wildman–Crippen LogP) is 1.12. The highest BCUT2D eigenvalue weighted by Gasteiger charge is 2.08. The van der Waals surface area contributed by atoms with Crippen LogP contribution in [0.25, 0.3) is 0 Å². The minimum Gasteiger partial charge on any atom is -0.394 e. The van der Waals surface area contributed by atoms with Crippen molar-refractivity contribution < 1.29 is 10.2 Å². The van der Waals surface area contributed by atoms with Crippen molar-refractivity contribution in [3.8, 4) is 0 Å². The maximum atomic E-state index is 9.24. The van der Waals surface area contributed by atoms with Crippen molar-refractivity contribution in [1.82, 2.24) is 9.97 Å². The van der Waals surface area contributed by atoms with E-state index in [4.69, 9.17) is 5.11 Å². The molecular formula is C9H14BrN3O2S. The molecule has 0 aliphatic rings. The first-order valence-electron chi connectivity index (χ1n) is 4.85. The Labute approximate surface area is 107 Å². The summed E-state index contributed by atoms with van der Waals surface area (Å²) in [7, 11) is 0. The Morgan fingerprint density at radius 2 is 2.38 bits per heavy atom. The SMILES string of the molecule is CCNc1ncc(Br)c(SCC(O)CO)n1. The van der Waals surface area contributed by atoms with Crippen LogP contribution in [0.5, 0.6) is 0 Å². The second-order valence-electron chi connectivity index (χ2n) is 3.02. The molecule has 0 fully saturated rings. The lowest BCUT2D eigenvalue weighted by atomic mass is 10.4. The number of thioether (sulfide) groups is 1. The van der Waals surface area contributed by atoms with Crippen molar-refractivity contribution in [2.45, 2.75) is 18.1 Å². The van der Waals surface area contributed by atoms with Crippen LogP contribution in [0, 0.1) is 0 Å². The normalized spacial score (nSPS) is 12.5. The zero-order chi connectivity index (χ0) is 12.0. The van der Waals surface area contributed by atoms with Crippen LogP contribution in [-0.2, 0) is 0 Å². The second-order valence-corrected chi connectivity index (χ2v) is 4.89. The molecule has 0 saturated carbocycles. The predicted molar refractivity (Wildman–Crippen MR) is 67.7 cm³/mol. The summed E-state index contributed by atoms with van der Waals surface area (Å²) in [6.07, 6.45) is 0.938. The van der Waals surface area contributed by atoms with Gasteiger partial charge in [-0.05, 0) is 22.9 Å². The molecule has 90 valence electrons. The number of aliphatic hydroxyl groups is 2. The van der Waals surface area contributed by atoms with Gasteiger partial charge in [0.2, 0.25) is 5.95 Å². The van der Waals surface area contributed by atoms with E-state index in [1.54, 1.807) is 6.20 Å². The van der Waals surface area contributed by atoms with Crippen molar-refractivity contribution in [2.75, 3.05) is 24.2 Å². The van der Waals surface area contributed by atoms with Crippen LogP contribution in [0.4, 0.5) is 5.95 Å². The minimum absolute atomic E-state index is 0.240. The van der Waals surface area contributed by atoms with Gasteiger partial charge in [-0.1, -0.05) is 0 Å². The molecule has 1 unspecified atom stereocenters. The summed E-state index contributed by atoms with van der Waals surface area (Å²) in [5.74, 6) is 0.962. The molecule has 1 aromatic rings. The van der Waals surface area contributed by atoms with Crippen molar-refractivity contribution in [1.29, 1.82) is 0 Å². The number of aromatic nitrogens is 2. The molecule has 7 heteroatoms. The van der Waals surface area contributed by atoms with Gasteiger partial charge < -0.3 is 15.5 Å². The first-order chi connectivity index (χ1) is 7.67. The van der Waals surface area contributed by atoms with Gasteiger partial charge in [0.05, 0.1) is 17.2 Å². The third kappa shape index (κ3) is 4.25. The van der Waals surface area contributed by atoms with Gasteiger partial charge in [0.15, 0.2) is 0 Å². The zero-order valence-corrected chi connectivity index (χ0v) is 11.3. The number of nitrogens with one attached hydrogen (secondary N) is 1. The summed E-state index contributed by atoms with van der Waals surface area (Å²) >= 11 is 4.71. The quantitative estimate of drug-likeness (QED) is 0.540. The molecule has 1 aromatic heterocycles. The molecule has 1 heterocycles. The first kappa shape index (κ1) is 13.7. The Morgan fingerprint density at radius 1 is 1.62 bits per heavy atom. The van der Waals surface area contributed by atoms with Gasteiger partial charge in [-0.25, -0.2) is 9.97 Å². The number of hydrogen-bond donors (Lipinski definition) is 3. The van der Waals surface area contributed by atoms with Gasteiger partial charge >= 0.3 is 0 Å². The van der Waals surface area contributed by atoms with Gasteiger partial charge in [-0.3, -0.25) is 0 Å². The van der Waals surface area contributed by atoms with E-state index in [1.165, 1.54) is 11.8 Å². The van der Waals surface area contributed by atoms with Crippen molar-refractivity contribution in [3.05, 3.63) is 10.7 Å². The van der Waals surface area contributed by atoms with E-state index in [0.29, 0.717) is 11.7 Å². The topological polar surface area (TPSA) is 78.3 Å². The van der Waals surface area contributed by atoms with Gasteiger partial charge in [0.25, 0.3) is 0 Å². The Hall–Kier alpha value is -0.370. The molecule has 0 saturated heterocycles. The number of hydrogen-bond acceptors (Lipinski definition) is 6. The number of anilines is 1. The van der Waals surface area contributed by atoms with Crippen LogP contribution in [0.1, 0.15) is 6.92 Å². The summed E-state index contributed by atoms with van der Waals surface area (Å²) in [6, 6.07) is 0. The molecule has 3 N–H and O–H groups in total. The molecule has 0 spiro atoms. The van der Waals surface area contributed by atoms with Crippen LogP contribution in [0.3, 0.4) is 0 Å². The van der Waals surface area contributed by atoms with E-state index in [1.807, 2.05) is 6.92 Å². The van der Waals surface area contributed by atoms with Crippen LogP contribution < -0.4 is 5.32 Å². The molecule has 0 aromatic carbocycles. The van der Waals surface area contributed by atoms with Gasteiger partial charge in [-0.2, -0.15) is 0 Å². The Balaban J connectivity index is 2.66. The number of nitrogens with zero attached hydrogens (tertiary/aromatic N) is 2. The third-order valence-electron chi connectivity index (χ3n) is 1.67. The lowest BCUT2D eigenvalue weighted by Crippen LogP contribution is -2.14. The van der Waals surface area contributed by atoms with Crippen LogP contribution in [-0.4, -0.2) is 45.2 Å². The Kier molecular flexibility index (Phi) is 6.04. The highest BCUT2D eigenvalue weighted by molar-refractivity contribution is 9.10. The molecule has 16 heavy (non-hydrogen) atoms. The van der Waals surface area contributed by atoms with Gasteiger partial charge in [0, 0.05) is 18.5 Å². The number of rotatable bonds is 6. The summed E-state index contributed by atoms with van der Waals surface area (Å²) in [6.45, 7) is 2.48. The first-order valence-corrected chi connectivity index (χ1v) is 6.63. The van der Waals surface area contributed by atoms with Crippen molar-refractivity contribution in [3.63, 3.8) is 0 Å². The number of halogens is 1. The molecule has 0 aliphatic heterocycles. The van der Waals surface area contributed by atoms with Crippen LogP contribution in [0.15, 0.2) is 15.7 Å². The highest BCUT2D eigenvalue weighted by Crippen LogP contribution is 2.26. The molecule has 1 atom stereocenters. The monoisotopic (exact) mass is 307 g/mol. The van der Waals surface area contributed by atoms with Crippen molar-refractivity contribution in [2.24, 2.45) is 0 Å². The van der Waals surface area contributed by atoms with Crippen molar-refractivity contribution >= 4 is 33.6 Å². The fourth-order valence-electron chi connectivity index (χ4n) is 0.924. The van der Waals surface area contributed by atoms with Crippen LogP contribution in [0.2, 0.25) is 0 Å². The van der Waals surface area contributed by atoms with E-state index in [2.05, 4.69) is 31.2 Å². The molecule has 0 amide bonds. The summed E-state index contributed by atoms with van der Waals surface area (Å²) in [4.78, 5) is 8.35. The van der Waals surface area contributed by atoms with Gasteiger partial charge in [-0.15, -0.1) is 11.8 Å². The third-order valence-corrected chi connectivity index (χ3v) is 3.65. The second kappa shape index (κ2) is 7.05. The maximum absolute atomic E-state index is 9.24. The van der Waals surface area contributed by atoms with E-state index < -0.39 is 6.10 Å². The molecule has 0 bridgehead atoms. The smallest absolute Gasteiger partial charge is 0.223 e. The molecule has 0 radical (unpaired) electrons. The average molecular weight is 308 g/mol. The molecular weight excluding hydrogens is 294 g/mol. The largest absolute Gasteiger partial charge is 0.394 e. The molecule has 5 nitrogen and oxygen atoms in total. The van der Waals surface area contributed by atoms with E-state index in [-0.39, 0.29) is 6.61 Å². The van der Waals surface area contributed by atoms with E-state index in [9.17, 15) is 5.11 Å². The lowest BCUT2D eigenvalue weighted by Gasteiger charge is -2.08. The maximum Gasteiger partial charge on any atom is 0.223 e. The average Bonchev–Trinajstić information content (AvgIpc) is 2.29. The minimum atomic E-state index is -0.727. The molecule has 0 aliphatic carbocycles. The highest BCUT2D eigenvalue weighted by atomic mass is 79.9. The molecule has 1 rings (SSSR count). The lowest BCUT2D eigenvalue weighted by molar-refractivity contribution is 0.113. The van der Waals surface area contributed by atoms with E-state index >= 15 is 0 Å². The fraction of sp³-hybridized carbons (Fsp3) is 0.556. The zero-order valence-electron chi connectivity index (χ0n) is 8.85. The van der Waals surface area contributed by atoms with E-state index in [0.717, 1.165) is 16.0 Å².